The fourth-order valence-corrected chi connectivity index (χ4v) is 1.67. The van der Waals surface area contributed by atoms with E-state index in [0.29, 0.717) is 5.89 Å². The molecule has 21 heavy (non-hydrogen) atoms. The van der Waals surface area contributed by atoms with Crippen LogP contribution < -0.4 is 5.32 Å². The van der Waals surface area contributed by atoms with Crippen molar-refractivity contribution in [2.45, 2.75) is 19.6 Å². The fourth-order valence-electron chi connectivity index (χ4n) is 1.67. The van der Waals surface area contributed by atoms with Crippen LogP contribution in [0.5, 0.6) is 0 Å². The first-order valence-corrected chi connectivity index (χ1v) is 5.75. The Bertz CT molecular complexity index is 667. The normalized spacial score (nSPS) is 11.4. The van der Waals surface area contributed by atoms with Crippen molar-refractivity contribution in [2.24, 2.45) is 0 Å². The molecule has 6 nitrogen and oxygen atoms in total. The number of aromatic nitrogens is 2. The van der Waals surface area contributed by atoms with Gasteiger partial charge in [-0.05, 0) is 18.2 Å². The molecule has 2 N–H and O–H groups in total. The first-order chi connectivity index (χ1) is 9.77. The molecule has 0 saturated carbocycles. The Morgan fingerprint density at radius 1 is 1.43 bits per heavy atom. The lowest BCUT2D eigenvalue weighted by atomic mass is 10.1. The summed E-state index contributed by atoms with van der Waals surface area (Å²) in [5.74, 6) is -1.02. The van der Waals surface area contributed by atoms with Crippen LogP contribution in [0.2, 0.25) is 0 Å². The zero-order chi connectivity index (χ0) is 15.6. The third kappa shape index (κ3) is 3.50. The Balaban J connectivity index is 2.23. The van der Waals surface area contributed by atoms with E-state index in [2.05, 4.69) is 15.5 Å². The number of nitrogens with one attached hydrogen (secondary N) is 1. The van der Waals surface area contributed by atoms with E-state index in [9.17, 15) is 18.0 Å². The van der Waals surface area contributed by atoms with Gasteiger partial charge in [-0.2, -0.15) is 18.2 Å². The maximum atomic E-state index is 12.8. The molecule has 0 saturated heterocycles. The van der Waals surface area contributed by atoms with Crippen LogP contribution in [0.1, 0.15) is 27.6 Å². The van der Waals surface area contributed by atoms with E-state index in [4.69, 9.17) is 9.63 Å². The number of hydrogen-bond donors (Lipinski definition) is 2. The number of carboxylic acids is 1. The van der Waals surface area contributed by atoms with Crippen molar-refractivity contribution in [1.29, 1.82) is 0 Å². The van der Waals surface area contributed by atoms with E-state index in [1.54, 1.807) is 6.92 Å². The quantitative estimate of drug-likeness (QED) is 0.902. The zero-order valence-corrected chi connectivity index (χ0v) is 10.7. The lowest BCUT2D eigenvalue weighted by molar-refractivity contribution is -0.138. The zero-order valence-electron chi connectivity index (χ0n) is 10.7. The van der Waals surface area contributed by atoms with Gasteiger partial charge in [-0.3, -0.25) is 0 Å². The van der Waals surface area contributed by atoms with E-state index >= 15 is 0 Å². The van der Waals surface area contributed by atoms with Crippen molar-refractivity contribution < 1.29 is 27.6 Å². The molecular formula is C12H10F3N3O3. The van der Waals surface area contributed by atoms with Gasteiger partial charge in [0.15, 0.2) is 5.82 Å². The number of anilines is 1. The number of alkyl halides is 3. The molecule has 0 amide bonds. The summed E-state index contributed by atoms with van der Waals surface area (Å²) in [6.07, 6.45) is -4.76. The highest BCUT2D eigenvalue weighted by Gasteiger charge is 2.35. The minimum Gasteiger partial charge on any atom is -0.478 e. The summed E-state index contributed by atoms with van der Waals surface area (Å²) in [7, 11) is 0. The molecular weight excluding hydrogens is 291 g/mol. The highest BCUT2D eigenvalue weighted by molar-refractivity contribution is 5.90. The highest BCUT2D eigenvalue weighted by Crippen LogP contribution is 2.33. The average molecular weight is 301 g/mol. The maximum Gasteiger partial charge on any atom is 0.417 e. The summed E-state index contributed by atoms with van der Waals surface area (Å²) in [5.41, 5.74) is -1.91. The van der Waals surface area contributed by atoms with Gasteiger partial charge in [0.2, 0.25) is 5.89 Å². The number of carboxylic acid groups (broad SMARTS) is 1. The smallest absolute Gasteiger partial charge is 0.417 e. The number of benzene rings is 1. The van der Waals surface area contributed by atoms with Crippen molar-refractivity contribution >= 4 is 11.7 Å². The number of rotatable bonds is 4. The van der Waals surface area contributed by atoms with Gasteiger partial charge in [-0.25, -0.2) is 4.79 Å². The molecule has 0 fully saturated rings. The molecule has 0 spiro atoms. The molecule has 0 bridgehead atoms. The highest BCUT2D eigenvalue weighted by atomic mass is 19.4. The third-order valence-electron chi connectivity index (χ3n) is 2.58. The predicted octanol–water partition coefficient (Wildman–Crippen LogP) is 2.71. The van der Waals surface area contributed by atoms with Crippen LogP contribution in [0, 0.1) is 6.92 Å². The minimum absolute atomic E-state index is 0.0566. The summed E-state index contributed by atoms with van der Waals surface area (Å²) in [6.45, 7) is 1.64. The monoisotopic (exact) mass is 301 g/mol. The molecule has 1 aromatic carbocycles. The van der Waals surface area contributed by atoms with Gasteiger partial charge in [0.25, 0.3) is 0 Å². The lowest BCUT2D eigenvalue weighted by Crippen LogP contribution is -2.13. The van der Waals surface area contributed by atoms with Crippen LogP contribution >= 0.6 is 0 Å². The van der Waals surface area contributed by atoms with E-state index in [-0.39, 0.29) is 18.1 Å². The second-order valence-corrected chi connectivity index (χ2v) is 4.15. The number of hydrogen-bond acceptors (Lipinski definition) is 5. The van der Waals surface area contributed by atoms with Crippen LogP contribution in [0.4, 0.5) is 18.9 Å². The van der Waals surface area contributed by atoms with Crippen LogP contribution in [0.15, 0.2) is 22.7 Å². The van der Waals surface area contributed by atoms with Gasteiger partial charge in [-0.1, -0.05) is 5.16 Å². The van der Waals surface area contributed by atoms with Crippen molar-refractivity contribution in [3.63, 3.8) is 0 Å². The summed E-state index contributed by atoms with van der Waals surface area (Å²) in [6, 6.07) is 2.87. The molecule has 0 atom stereocenters. The molecule has 1 heterocycles. The Morgan fingerprint density at radius 2 is 2.14 bits per heavy atom. The molecule has 2 aromatic rings. The number of halogens is 3. The molecule has 2 rings (SSSR count). The van der Waals surface area contributed by atoms with Gasteiger partial charge in [0.05, 0.1) is 17.7 Å². The summed E-state index contributed by atoms with van der Waals surface area (Å²) >= 11 is 0. The molecule has 9 heteroatoms. The topological polar surface area (TPSA) is 88.2 Å². The Labute approximate surface area is 116 Å². The number of nitrogens with zero attached hydrogens (tertiary/aromatic N) is 2. The third-order valence-corrected chi connectivity index (χ3v) is 2.58. The largest absolute Gasteiger partial charge is 0.478 e. The SMILES string of the molecule is Cc1nc(CNc2ccc(C(=O)O)c(C(F)(F)F)c2)no1. The van der Waals surface area contributed by atoms with Crippen molar-refractivity contribution in [1.82, 2.24) is 10.1 Å². The van der Waals surface area contributed by atoms with Crippen molar-refractivity contribution in [2.75, 3.05) is 5.32 Å². The number of aromatic carboxylic acids is 1. The lowest BCUT2D eigenvalue weighted by Gasteiger charge is -2.12. The molecule has 0 unspecified atom stereocenters. The van der Waals surface area contributed by atoms with Crippen LogP contribution in [-0.2, 0) is 12.7 Å². The second kappa shape index (κ2) is 5.43. The minimum atomic E-state index is -4.76. The first kappa shape index (κ1) is 14.8. The average Bonchev–Trinajstić information content (AvgIpc) is 2.81. The standard InChI is InChI=1S/C12H10F3N3O3/c1-6-17-10(18-21-6)5-16-7-2-3-8(11(19)20)9(4-7)12(13,14)15/h2-4,16H,5H2,1H3,(H,19,20). The van der Waals surface area contributed by atoms with Gasteiger partial charge in [0.1, 0.15) is 0 Å². The number of aryl methyl sites for hydroxylation is 1. The van der Waals surface area contributed by atoms with Crippen LogP contribution in [0.25, 0.3) is 0 Å². The van der Waals surface area contributed by atoms with E-state index in [0.717, 1.165) is 12.1 Å². The van der Waals surface area contributed by atoms with Gasteiger partial charge < -0.3 is 14.9 Å². The van der Waals surface area contributed by atoms with Crippen molar-refractivity contribution in [3.8, 4) is 0 Å². The predicted molar refractivity (Wildman–Crippen MR) is 64.8 cm³/mol. The van der Waals surface area contributed by atoms with Crippen LogP contribution in [-0.4, -0.2) is 21.2 Å². The first-order valence-electron chi connectivity index (χ1n) is 5.75. The van der Waals surface area contributed by atoms with Crippen molar-refractivity contribution in [3.05, 3.63) is 41.0 Å². The molecule has 0 aliphatic heterocycles. The number of carbonyl (C=O) groups is 1. The van der Waals surface area contributed by atoms with E-state index in [1.807, 2.05) is 0 Å². The summed E-state index contributed by atoms with van der Waals surface area (Å²) < 4.78 is 43.2. The summed E-state index contributed by atoms with van der Waals surface area (Å²) in [4.78, 5) is 14.7. The van der Waals surface area contributed by atoms with E-state index < -0.39 is 23.3 Å². The summed E-state index contributed by atoms with van der Waals surface area (Å²) in [5, 5.41) is 15.0. The van der Waals surface area contributed by atoms with E-state index in [1.165, 1.54) is 6.07 Å². The Morgan fingerprint density at radius 3 is 2.67 bits per heavy atom. The van der Waals surface area contributed by atoms with Gasteiger partial charge in [0, 0.05) is 12.6 Å². The molecule has 1 aromatic heterocycles. The fraction of sp³-hybridized carbons (Fsp3) is 0.250. The van der Waals surface area contributed by atoms with Gasteiger partial charge in [-0.15, -0.1) is 0 Å². The Kier molecular flexibility index (Phi) is 3.83. The second-order valence-electron chi connectivity index (χ2n) is 4.15. The molecule has 0 aliphatic rings. The molecule has 0 aliphatic carbocycles. The van der Waals surface area contributed by atoms with Crippen LogP contribution in [0.3, 0.4) is 0 Å². The van der Waals surface area contributed by atoms with Gasteiger partial charge >= 0.3 is 12.1 Å². The Hall–Kier alpha value is -2.58. The molecule has 112 valence electrons. The molecule has 0 radical (unpaired) electrons. The maximum absolute atomic E-state index is 12.8.